The molecule has 1 aromatic carbocycles. The molecule has 0 spiro atoms. The average Bonchev–Trinajstić information content (AvgIpc) is 2.66. The fraction of sp³-hybridized carbons (Fsp3) is 0.462. The molecule has 1 atom stereocenters. The van der Waals surface area contributed by atoms with Gasteiger partial charge in [-0.2, -0.15) is 0 Å². The molecule has 5 heteroatoms. The zero-order chi connectivity index (χ0) is 13.1. The Kier molecular flexibility index (Phi) is 4.40. The number of aromatic nitrogens is 2. The van der Waals surface area contributed by atoms with Crippen molar-refractivity contribution in [2.24, 2.45) is 0 Å². The van der Waals surface area contributed by atoms with Crippen LogP contribution in [0.1, 0.15) is 17.8 Å². The molecule has 0 amide bonds. The Bertz CT molecular complexity index is 580. The van der Waals surface area contributed by atoms with Crippen molar-refractivity contribution in [2.75, 3.05) is 12.0 Å². The van der Waals surface area contributed by atoms with Crippen LogP contribution in [-0.4, -0.2) is 25.8 Å². The lowest BCUT2D eigenvalue weighted by Gasteiger charge is -2.06. The van der Waals surface area contributed by atoms with Gasteiger partial charge in [0.05, 0.1) is 16.9 Å². The molecule has 0 aliphatic rings. The van der Waals surface area contributed by atoms with Crippen molar-refractivity contribution in [1.82, 2.24) is 9.55 Å². The Morgan fingerprint density at radius 3 is 2.89 bits per heavy atom. The summed E-state index contributed by atoms with van der Waals surface area (Å²) in [5, 5.41) is 0. The number of benzene rings is 1. The van der Waals surface area contributed by atoms with Gasteiger partial charge in [-0.15, -0.1) is 11.6 Å². The normalized spacial score (nSPS) is 13.1. The van der Waals surface area contributed by atoms with Gasteiger partial charge < -0.3 is 4.57 Å². The number of hydrogen-bond donors (Lipinski definition) is 0. The first-order valence-corrected chi connectivity index (χ1v) is 8.19. The summed E-state index contributed by atoms with van der Waals surface area (Å²) < 4.78 is 13.2. The molecule has 0 aliphatic carbocycles. The lowest BCUT2D eigenvalue weighted by atomic mass is 10.2. The van der Waals surface area contributed by atoms with Gasteiger partial charge in [-0.25, -0.2) is 4.98 Å². The van der Waals surface area contributed by atoms with Crippen LogP contribution in [0.3, 0.4) is 0 Å². The summed E-state index contributed by atoms with van der Waals surface area (Å²) in [4.78, 5) is 4.54. The van der Waals surface area contributed by atoms with E-state index in [1.807, 2.05) is 0 Å². The van der Waals surface area contributed by atoms with Crippen LogP contribution < -0.4 is 0 Å². The van der Waals surface area contributed by atoms with E-state index in [0.29, 0.717) is 11.6 Å². The van der Waals surface area contributed by atoms with E-state index < -0.39 is 10.8 Å². The summed E-state index contributed by atoms with van der Waals surface area (Å²) in [7, 11) is -0.740. The molecular weight excluding hydrogens is 268 g/mol. The lowest BCUT2D eigenvalue weighted by molar-refractivity contribution is 0.657. The van der Waals surface area contributed by atoms with Crippen LogP contribution in [0.4, 0.5) is 0 Å². The van der Waals surface area contributed by atoms with Gasteiger partial charge in [0, 0.05) is 29.4 Å². The second-order valence-corrected chi connectivity index (χ2v) is 6.26. The van der Waals surface area contributed by atoms with Crippen LogP contribution in [0.5, 0.6) is 0 Å². The fourth-order valence-corrected chi connectivity index (χ4v) is 2.81. The molecule has 0 radical (unpaired) electrons. The molecule has 18 heavy (non-hydrogen) atoms. The first kappa shape index (κ1) is 13.6. The van der Waals surface area contributed by atoms with E-state index in [9.17, 15) is 4.21 Å². The van der Waals surface area contributed by atoms with Gasteiger partial charge in [0.2, 0.25) is 0 Å². The highest BCUT2D eigenvalue weighted by Gasteiger charge is 2.09. The molecule has 0 saturated heterocycles. The first-order chi connectivity index (χ1) is 8.61. The molecule has 2 aromatic rings. The van der Waals surface area contributed by atoms with Crippen molar-refractivity contribution in [2.45, 2.75) is 25.8 Å². The zero-order valence-electron chi connectivity index (χ0n) is 10.6. The smallest absolute Gasteiger partial charge is 0.124 e. The molecule has 2 rings (SSSR count). The third-order valence-electron chi connectivity index (χ3n) is 2.92. The fourth-order valence-electron chi connectivity index (χ4n) is 2.07. The summed E-state index contributed by atoms with van der Waals surface area (Å²) in [5.41, 5.74) is 3.30. The molecule has 0 saturated carbocycles. The van der Waals surface area contributed by atoms with Crippen LogP contribution in [0.15, 0.2) is 18.2 Å². The summed E-state index contributed by atoms with van der Waals surface area (Å²) in [6, 6.07) is 6.23. The highest BCUT2D eigenvalue weighted by Crippen LogP contribution is 2.19. The summed E-state index contributed by atoms with van der Waals surface area (Å²) in [6.45, 7) is 2.88. The quantitative estimate of drug-likeness (QED) is 0.792. The van der Waals surface area contributed by atoms with Crippen LogP contribution in [0.25, 0.3) is 11.0 Å². The third kappa shape index (κ3) is 2.93. The summed E-state index contributed by atoms with van der Waals surface area (Å²) in [5.74, 6) is 2.01. The van der Waals surface area contributed by atoms with Gasteiger partial charge in [-0.05, 0) is 31.0 Å². The molecule has 1 aromatic heterocycles. The number of nitrogens with zero attached hydrogens (tertiary/aromatic N) is 2. The minimum Gasteiger partial charge on any atom is -0.327 e. The number of rotatable bonds is 5. The summed E-state index contributed by atoms with van der Waals surface area (Å²) >= 11 is 5.94. The molecule has 0 N–H and O–H groups in total. The van der Waals surface area contributed by atoms with Gasteiger partial charge in [0.15, 0.2) is 0 Å². The van der Waals surface area contributed by atoms with Crippen molar-refractivity contribution in [3.63, 3.8) is 0 Å². The SMILES string of the molecule is Cc1ccc2c(c1)nc(CCl)n2CCCS(C)=O. The van der Waals surface area contributed by atoms with Crippen molar-refractivity contribution >= 4 is 33.4 Å². The van der Waals surface area contributed by atoms with E-state index >= 15 is 0 Å². The molecule has 1 unspecified atom stereocenters. The molecular formula is C13H17ClN2OS. The van der Waals surface area contributed by atoms with Crippen LogP contribution in [-0.2, 0) is 23.2 Å². The predicted octanol–water partition coefficient (Wildman–Crippen LogP) is 2.85. The molecule has 0 fully saturated rings. The highest BCUT2D eigenvalue weighted by atomic mass is 35.5. The molecule has 98 valence electrons. The Morgan fingerprint density at radius 1 is 1.44 bits per heavy atom. The maximum Gasteiger partial charge on any atom is 0.124 e. The Labute approximate surface area is 115 Å². The van der Waals surface area contributed by atoms with E-state index in [2.05, 4.69) is 34.7 Å². The number of aryl methyl sites for hydroxylation is 2. The second-order valence-electron chi connectivity index (χ2n) is 4.44. The van der Waals surface area contributed by atoms with E-state index in [4.69, 9.17) is 11.6 Å². The number of imidazole rings is 1. The Morgan fingerprint density at radius 2 is 2.22 bits per heavy atom. The minimum absolute atomic E-state index is 0.406. The Balaban J connectivity index is 2.31. The Hall–Kier alpha value is -0.870. The largest absolute Gasteiger partial charge is 0.327 e. The summed E-state index contributed by atoms with van der Waals surface area (Å²) in [6.07, 6.45) is 2.62. The monoisotopic (exact) mass is 284 g/mol. The van der Waals surface area contributed by atoms with Crippen LogP contribution >= 0.6 is 11.6 Å². The number of hydrogen-bond acceptors (Lipinski definition) is 2. The van der Waals surface area contributed by atoms with E-state index in [1.54, 1.807) is 6.26 Å². The number of alkyl halides is 1. The minimum atomic E-state index is -0.740. The standard InChI is InChI=1S/C13H17ClN2OS/c1-10-4-5-12-11(8-10)15-13(9-14)16(12)6-3-7-18(2)17/h4-5,8H,3,6-7,9H2,1-2H3. The topological polar surface area (TPSA) is 34.9 Å². The predicted molar refractivity (Wildman–Crippen MR) is 77.6 cm³/mol. The van der Waals surface area contributed by atoms with Crippen molar-refractivity contribution in [3.8, 4) is 0 Å². The van der Waals surface area contributed by atoms with Crippen LogP contribution in [0.2, 0.25) is 0 Å². The van der Waals surface area contributed by atoms with E-state index in [1.165, 1.54) is 5.56 Å². The van der Waals surface area contributed by atoms with Gasteiger partial charge in [-0.3, -0.25) is 4.21 Å². The van der Waals surface area contributed by atoms with Crippen molar-refractivity contribution < 1.29 is 4.21 Å². The molecule has 0 bridgehead atoms. The van der Waals surface area contributed by atoms with Crippen molar-refractivity contribution in [1.29, 1.82) is 0 Å². The molecule has 1 heterocycles. The van der Waals surface area contributed by atoms with Gasteiger partial charge in [0.25, 0.3) is 0 Å². The van der Waals surface area contributed by atoms with Gasteiger partial charge in [-0.1, -0.05) is 6.07 Å². The average molecular weight is 285 g/mol. The van der Waals surface area contributed by atoms with E-state index in [0.717, 1.165) is 29.8 Å². The molecule has 0 aliphatic heterocycles. The lowest BCUT2D eigenvalue weighted by Crippen LogP contribution is -2.06. The van der Waals surface area contributed by atoms with Gasteiger partial charge >= 0.3 is 0 Å². The first-order valence-electron chi connectivity index (χ1n) is 5.93. The van der Waals surface area contributed by atoms with Gasteiger partial charge in [0.1, 0.15) is 5.82 Å². The maximum absolute atomic E-state index is 11.1. The second kappa shape index (κ2) is 5.85. The maximum atomic E-state index is 11.1. The third-order valence-corrected chi connectivity index (χ3v) is 4.02. The van der Waals surface area contributed by atoms with Crippen molar-refractivity contribution in [3.05, 3.63) is 29.6 Å². The number of fused-ring (bicyclic) bond motifs is 1. The van der Waals surface area contributed by atoms with Crippen LogP contribution in [0, 0.1) is 6.92 Å². The van der Waals surface area contributed by atoms with E-state index in [-0.39, 0.29) is 0 Å². The number of halogens is 1. The molecule has 3 nitrogen and oxygen atoms in total. The highest BCUT2D eigenvalue weighted by molar-refractivity contribution is 7.84. The zero-order valence-corrected chi connectivity index (χ0v) is 12.2.